The van der Waals surface area contributed by atoms with Crippen molar-refractivity contribution in [3.05, 3.63) is 58.3 Å². The number of carbonyl (C=O) groups excluding carboxylic acids is 4. The lowest BCUT2D eigenvalue weighted by Gasteiger charge is -2.23. The molecule has 2 N–H and O–H groups in total. The maximum absolute atomic E-state index is 12.8. The number of Topliss-reactive ketones (excluding diaryl/α,β-unsaturated/α-hetero) is 2. The Bertz CT molecular complexity index is 851. The van der Waals surface area contributed by atoms with Gasteiger partial charge >= 0.3 is 6.09 Å². The third kappa shape index (κ3) is 5.04. The maximum Gasteiger partial charge on any atom is 0.408 e. The van der Waals surface area contributed by atoms with Crippen molar-refractivity contribution in [2.45, 2.75) is 25.5 Å². The van der Waals surface area contributed by atoms with E-state index in [0.717, 1.165) is 5.56 Å². The number of ketones is 2. The molecule has 1 saturated heterocycles. The van der Waals surface area contributed by atoms with E-state index in [2.05, 4.69) is 10.6 Å². The monoisotopic (exact) mass is 400 g/mol. The third-order valence-corrected chi connectivity index (χ3v) is 5.20. The van der Waals surface area contributed by atoms with Gasteiger partial charge < -0.3 is 15.4 Å². The molecule has 146 valence electrons. The lowest BCUT2D eigenvalue weighted by molar-refractivity contribution is -0.143. The van der Waals surface area contributed by atoms with E-state index >= 15 is 0 Å². The number of hydrogen-bond acceptors (Lipinski definition) is 6. The number of piperidine rings is 1. The first-order valence-electron chi connectivity index (χ1n) is 8.88. The first-order valence-corrected chi connectivity index (χ1v) is 9.83. The van der Waals surface area contributed by atoms with E-state index in [4.69, 9.17) is 4.74 Å². The second-order valence-corrected chi connectivity index (χ2v) is 7.25. The van der Waals surface area contributed by atoms with E-state index in [1.165, 1.54) is 11.3 Å². The van der Waals surface area contributed by atoms with Crippen LogP contribution in [0.3, 0.4) is 0 Å². The Morgan fingerprint density at radius 3 is 2.71 bits per heavy atom. The molecule has 7 nitrogen and oxygen atoms in total. The van der Waals surface area contributed by atoms with Crippen molar-refractivity contribution in [1.82, 2.24) is 10.6 Å². The van der Waals surface area contributed by atoms with Gasteiger partial charge in [0.05, 0.1) is 0 Å². The van der Waals surface area contributed by atoms with Crippen LogP contribution in [0.1, 0.15) is 30.0 Å². The second kappa shape index (κ2) is 9.27. The van der Waals surface area contributed by atoms with Crippen LogP contribution in [0, 0.1) is 5.92 Å². The molecule has 8 heteroatoms. The summed E-state index contributed by atoms with van der Waals surface area (Å²) in [5, 5.41) is 8.61. The van der Waals surface area contributed by atoms with Crippen LogP contribution in [0.2, 0.25) is 0 Å². The minimum atomic E-state index is -0.924. The summed E-state index contributed by atoms with van der Waals surface area (Å²) in [6.45, 7) is 0.441. The normalized spacial score (nSPS) is 17.5. The van der Waals surface area contributed by atoms with Crippen molar-refractivity contribution in [3.8, 4) is 0 Å². The van der Waals surface area contributed by atoms with Gasteiger partial charge in [0.15, 0.2) is 5.78 Å². The van der Waals surface area contributed by atoms with Crippen LogP contribution >= 0.6 is 11.3 Å². The molecular weight excluding hydrogens is 380 g/mol. The largest absolute Gasteiger partial charge is 0.445 e. The van der Waals surface area contributed by atoms with Gasteiger partial charge in [0, 0.05) is 18.9 Å². The summed E-state index contributed by atoms with van der Waals surface area (Å²) in [6.07, 6.45) is -0.419. The van der Waals surface area contributed by atoms with Crippen molar-refractivity contribution in [1.29, 1.82) is 0 Å². The summed E-state index contributed by atoms with van der Waals surface area (Å²) in [5.41, 5.74) is 1.45. The van der Waals surface area contributed by atoms with E-state index in [9.17, 15) is 19.2 Å². The van der Waals surface area contributed by atoms with Gasteiger partial charge in [-0.3, -0.25) is 14.4 Å². The van der Waals surface area contributed by atoms with Crippen molar-refractivity contribution in [3.63, 3.8) is 0 Å². The minimum Gasteiger partial charge on any atom is -0.445 e. The van der Waals surface area contributed by atoms with Crippen LogP contribution in [0.4, 0.5) is 4.79 Å². The van der Waals surface area contributed by atoms with Crippen LogP contribution < -0.4 is 10.6 Å². The number of alkyl carbamates (subject to hydrolysis) is 1. The summed E-state index contributed by atoms with van der Waals surface area (Å²) in [7, 11) is 0. The number of hydrogen-bond donors (Lipinski definition) is 2. The number of thiophene rings is 1. The second-order valence-electron chi connectivity index (χ2n) is 6.47. The SMILES string of the molecule is O=C(NC(C(=O)CC1CCNC(=O)C1=O)c1ccsc1)OCc1ccccc1. The van der Waals surface area contributed by atoms with Crippen molar-refractivity contribution >= 4 is 34.9 Å². The number of rotatable bonds is 7. The highest BCUT2D eigenvalue weighted by atomic mass is 32.1. The molecule has 1 aliphatic rings. The summed E-state index contributed by atoms with van der Waals surface area (Å²) < 4.78 is 5.21. The zero-order valence-corrected chi connectivity index (χ0v) is 15.9. The van der Waals surface area contributed by atoms with Gasteiger partial charge in [-0.15, -0.1) is 0 Å². The summed E-state index contributed by atoms with van der Waals surface area (Å²) in [6, 6.07) is 10.0. The topological polar surface area (TPSA) is 102 Å². The molecular formula is C20H20N2O5S. The van der Waals surface area contributed by atoms with E-state index in [0.29, 0.717) is 18.5 Å². The van der Waals surface area contributed by atoms with Gasteiger partial charge in [-0.25, -0.2) is 4.79 Å². The number of amides is 2. The fourth-order valence-corrected chi connectivity index (χ4v) is 3.68. The highest BCUT2D eigenvalue weighted by Crippen LogP contribution is 2.23. The van der Waals surface area contributed by atoms with Gasteiger partial charge in [0.25, 0.3) is 5.91 Å². The molecule has 0 spiro atoms. The van der Waals surface area contributed by atoms with Crippen molar-refractivity contribution in [2.24, 2.45) is 5.92 Å². The molecule has 0 bridgehead atoms. The Kier molecular flexibility index (Phi) is 6.54. The van der Waals surface area contributed by atoms with Crippen LogP contribution in [0.15, 0.2) is 47.2 Å². The number of benzene rings is 1. The van der Waals surface area contributed by atoms with Gasteiger partial charge in [0.2, 0.25) is 5.78 Å². The lowest BCUT2D eigenvalue weighted by Crippen LogP contribution is -2.44. The molecule has 28 heavy (non-hydrogen) atoms. The molecule has 0 saturated carbocycles. The lowest BCUT2D eigenvalue weighted by atomic mass is 9.88. The molecule has 2 heterocycles. The molecule has 1 fully saturated rings. The fraction of sp³-hybridized carbons (Fsp3) is 0.300. The standard InChI is InChI=1S/C20H20N2O5S/c23-16(10-14-6-8-21-19(25)18(14)24)17(15-7-9-28-12-15)22-20(26)27-11-13-4-2-1-3-5-13/h1-5,7,9,12,14,17H,6,8,10-11H2,(H,21,25)(H,22,26). The minimum absolute atomic E-state index is 0.0818. The summed E-state index contributed by atoms with van der Waals surface area (Å²) in [5.74, 6) is -2.24. The highest BCUT2D eigenvalue weighted by molar-refractivity contribution is 7.08. The molecule has 3 rings (SSSR count). The van der Waals surface area contributed by atoms with E-state index in [1.54, 1.807) is 16.8 Å². The predicted molar refractivity (Wildman–Crippen MR) is 103 cm³/mol. The molecule has 2 atom stereocenters. The van der Waals surface area contributed by atoms with Crippen LogP contribution in [0.5, 0.6) is 0 Å². The molecule has 2 unspecified atom stereocenters. The fourth-order valence-electron chi connectivity index (χ4n) is 2.99. The first-order chi connectivity index (χ1) is 13.5. The first kappa shape index (κ1) is 19.8. The Labute approximate surface area is 166 Å². The zero-order valence-electron chi connectivity index (χ0n) is 15.1. The smallest absolute Gasteiger partial charge is 0.408 e. The molecule has 1 aromatic carbocycles. The average molecular weight is 400 g/mol. The summed E-state index contributed by atoms with van der Waals surface area (Å²) >= 11 is 1.39. The van der Waals surface area contributed by atoms with Crippen molar-refractivity contribution in [2.75, 3.05) is 6.54 Å². The van der Waals surface area contributed by atoms with Gasteiger partial charge in [-0.2, -0.15) is 11.3 Å². The van der Waals surface area contributed by atoms with Crippen LogP contribution in [0.25, 0.3) is 0 Å². The molecule has 2 aromatic rings. The van der Waals surface area contributed by atoms with Gasteiger partial charge in [0.1, 0.15) is 12.6 Å². The quantitative estimate of drug-likeness (QED) is 0.695. The Hall–Kier alpha value is -3.00. The Morgan fingerprint density at radius 2 is 2.00 bits per heavy atom. The average Bonchev–Trinajstić information content (AvgIpc) is 3.23. The highest BCUT2D eigenvalue weighted by Gasteiger charge is 2.34. The molecule has 0 radical (unpaired) electrons. The van der Waals surface area contributed by atoms with E-state index < -0.39 is 29.7 Å². The number of carbonyl (C=O) groups is 4. The molecule has 2 amide bonds. The van der Waals surface area contributed by atoms with E-state index in [1.807, 2.05) is 30.3 Å². The number of ether oxygens (including phenoxy) is 1. The third-order valence-electron chi connectivity index (χ3n) is 4.49. The van der Waals surface area contributed by atoms with Crippen molar-refractivity contribution < 1.29 is 23.9 Å². The molecule has 0 aliphatic carbocycles. The molecule has 1 aliphatic heterocycles. The maximum atomic E-state index is 12.8. The van der Waals surface area contributed by atoms with Gasteiger partial charge in [-0.05, 0) is 34.4 Å². The van der Waals surface area contributed by atoms with Crippen LogP contribution in [-0.2, 0) is 25.7 Å². The van der Waals surface area contributed by atoms with E-state index in [-0.39, 0.29) is 18.8 Å². The number of nitrogens with one attached hydrogen (secondary N) is 2. The van der Waals surface area contributed by atoms with Gasteiger partial charge in [-0.1, -0.05) is 30.3 Å². The predicted octanol–water partition coefficient (Wildman–Crippen LogP) is 2.38. The van der Waals surface area contributed by atoms with Crippen LogP contribution in [-0.4, -0.2) is 30.1 Å². The Morgan fingerprint density at radius 1 is 1.21 bits per heavy atom. The Balaban J connectivity index is 1.64. The zero-order chi connectivity index (χ0) is 19.9. The summed E-state index contributed by atoms with van der Waals surface area (Å²) in [4.78, 5) is 48.5. The molecule has 1 aromatic heterocycles.